The smallest absolute Gasteiger partial charge is 0.411 e. The van der Waals surface area contributed by atoms with Gasteiger partial charge < -0.3 is 10.1 Å². The average Bonchev–Trinajstić information content (AvgIpc) is 2.79. The Morgan fingerprint density at radius 2 is 2.26 bits per heavy atom. The summed E-state index contributed by atoms with van der Waals surface area (Å²) in [7, 11) is 0. The molecule has 0 bridgehead atoms. The lowest BCUT2D eigenvalue weighted by molar-refractivity contribution is -0.129. The molecule has 2 rings (SSSR count). The van der Waals surface area contributed by atoms with E-state index in [0.29, 0.717) is 13.1 Å². The van der Waals surface area contributed by atoms with Gasteiger partial charge in [-0.15, -0.1) is 0 Å². The molecule has 19 heavy (non-hydrogen) atoms. The molecule has 2 heterocycles. The van der Waals surface area contributed by atoms with Crippen LogP contribution in [0.1, 0.15) is 32.4 Å². The molecule has 1 atom stereocenters. The molecule has 1 N–H and O–H groups in total. The molecule has 0 radical (unpaired) electrons. The van der Waals surface area contributed by atoms with Crippen LogP contribution in [0.5, 0.6) is 0 Å². The van der Waals surface area contributed by atoms with Crippen LogP contribution in [-0.2, 0) is 9.53 Å². The number of carbonyl (C=O) groups is 2. The third-order valence-electron chi connectivity index (χ3n) is 2.70. The summed E-state index contributed by atoms with van der Waals surface area (Å²) in [6.45, 7) is 6.36. The van der Waals surface area contributed by atoms with Crippen LogP contribution in [0.4, 0.5) is 4.79 Å². The largest absolute Gasteiger partial charge is 0.444 e. The van der Waals surface area contributed by atoms with Crippen LogP contribution in [0.25, 0.3) is 0 Å². The summed E-state index contributed by atoms with van der Waals surface area (Å²) in [5, 5.41) is 6.56. The predicted molar refractivity (Wildman–Crippen MR) is 73.0 cm³/mol. The number of hydrogen-bond donors (Lipinski definition) is 1. The highest BCUT2D eigenvalue weighted by molar-refractivity contribution is 7.08. The van der Waals surface area contributed by atoms with Gasteiger partial charge in [-0.05, 0) is 43.2 Å². The van der Waals surface area contributed by atoms with E-state index in [4.69, 9.17) is 4.74 Å². The SMILES string of the molecule is CC(C)(C)OC(=O)N1CCNC(=O)C1c1ccsc1. The van der Waals surface area contributed by atoms with Crippen LogP contribution < -0.4 is 5.32 Å². The van der Waals surface area contributed by atoms with E-state index in [1.165, 1.54) is 16.2 Å². The summed E-state index contributed by atoms with van der Waals surface area (Å²) < 4.78 is 5.36. The van der Waals surface area contributed by atoms with Gasteiger partial charge in [-0.3, -0.25) is 9.69 Å². The van der Waals surface area contributed by atoms with Gasteiger partial charge in [0.25, 0.3) is 0 Å². The summed E-state index contributed by atoms with van der Waals surface area (Å²) in [6, 6.07) is 1.27. The number of rotatable bonds is 1. The van der Waals surface area contributed by atoms with E-state index in [9.17, 15) is 9.59 Å². The highest BCUT2D eigenvalue weighted by Crippen LogP contribution is 2.26. The number of nitrogens with one attached hydrogen (secondary N) is 1. The van der Waals surface area contributed by atoms with Crippen LogP contribution in [0.3, 0.4) is 0 Å². The van der Waals surface area contributed by atoms with Crippen molar-refractivity contribution in [2.45, 2.75) is 32.4 Å². The molecule has 0 spiro atoms. The van der Waals surface area contributed by atoms with Gasteiger partial charge in [0.15, 0.2) is 0 Å². The minimum absolute atomic E-state index is 0.157. The Labute approximate surface area is 116 Å². The van der Waals surface area contributed by atoms with Gasteiger partial charge in [-0.25, -0.2) is 4.79 Å². The third kappa shape index (κ3) is 3.26. The highest BCUT2D eigenvalue weighted by atomic mass is 32.1. The van der Waals surface area contributed by atoms with Crippen molar-refractivity contribution >= 4 is 23.3 Å². The predicted octanol–water partition coefficient (Wildman–Crippen LogP) is 2.16. The maximum atomic E-state index is 12.2. The summed E-state index contributed by atoms with van der Waals surface area (Å²) in [5.41, 5.74) is 0.262. The van der Waals surface area contributed by atoms with Gasteiger partial charge in [0, 0.05) is 13.1 Å². The number of nitrogens with zero attached hydrogens (tertiary/aromatic N) is 1. The van der Waals surface area contributed by atoms with Gasteiger partial charge in [0.1, 0.15) is 11.6 Å². The molecule has 0 aromatic carbocycles. The van der Waals surface area contributed by atoms with Crippen LogP contribution in [-0.4, -0.2) is 35.6 Å². The number of amides is 2. The van der Waals surface area contributed by atoms with E-state index in [0.717, 1.165) is 5.56 Å². The Balaban J connectivity index is 2.21. The minimum atomic E-state index is -0.588. The van der Waals surface area contributed by atoms with Crippen molar-refractivity contribution in [1.82, 2.24) is 10.2 Å². The number of piperazine rings is 1. The average molecular weight is 282 g/mol. The number of thiophene rings is 1. The summed E-state index contributed by atoms with van der Waals surface area (Å²) >= 11 is 1.50. The lowest BCUT2D eigenvalue weighted by atomic mass is 10.1. The Bertz CT molecular complexity index is 465. The molecule has 1 saturated heterocycles. The van der Waals surface area contributed by atoms with Crippen molar-refractivity contribution in [3.05, 3.63) is 22.4 Å². The molecular formula is C13H18N2O3S. The zero-order valence-corrected chi connectivity index (χ0v) is 12.1. The first-order valence-electron chi connectivity index (χ1n) is 6.18. The monoisotopic (exact) mass is 282 g/mol. The van der Waals surface area contributed by atoms with E-state index in [1.807, 2.05) is 37.6 Å². The molecule has 104 valence electrons. The Morgan fingerprint density at radius 3 is 2.84 bits per heavy atom. The van der Waals surface area contributed by atoms with E-state index in [-0.39, 0.29) is 5.91 Å². The van der Waals surface area contributed by atoms with Gasteiger partial charge in [0.05, 0.1) is 0 Å². The highest BCUT2D eigenvalue weighted by Gasteiger charge is 2.36. The Hall–Kier alpha value is -1.56. The molecule has 1 aromatic heterocycles. The maximum Gasteiger partial charge on any atom is 0.411 e. The zero-order chi connectivity index (χ0) is 14.0. The molecule has 5 nitrogen and oxygen atoms in total. The second kappa shape index (κ2) is 5.21. The second-order valence-electron chi connectivity index (χ2n) is 5.42. The van der Waals surface area contributed by atoms with E-state index >= 15 is 0 Å². The fourth-order valence-electron chi connectivity index (χ4n) is 1.95. The second-order valence-corrected chi connectivity index (χ2v) is 6.20. The van der Waals surface area contributed by atoms with Crippen molar-refractivity contribution in [2.75, 3.05) is 13.1 Å². The maximum absolute atomic E-state index is 12.2. The molecule has 1 unspecified atom stereocenters. The molecule has 0 saturated carbocycles. The molecule has 0 aliphatic carbocycles. The fraction of sp³-hybridized carbons (Fsp3) is 0.538. The van der Waals surface area contributed by atoms with Crippen LogP contribution >= 0.6 is 11.3 Å². The van der Waals surface area contributed by atoms with E-state index < -0.39 is 17.7 Å². The van der Waals surface area contributed by atoms with Crippen molar-refractivity contribution in [2.24, 2.45) is 0 Å². The summed E-state index contributed by atoms with van der Waals surface area (Å²) in [6.07, 6.45) is -0.446. The lowest BCUT2D eigenvalue weighted by Crippen LogP contribution is -2.53. The Kier molecular flexibility index (Phi) is 3.80. The molecule has 2 amide bonds. The van der Waals surface area contributed by atoms with Crippen molar-refractivity contribution in [3.8, 4) is 0 Å². The normalized spacial score (nSPS) is 20.1. The zero-order valence-electron chi connectivity index (χ0n) is 11.3. The topological polar surface area (TPSA) is 58.6 Å². The molecule has 1 aliphatic rings. The van der Waals surface area contributed by atoms with E-state index in [1.54, 1.807) is 0 Å². The number of hydrogen-bond acceptors (Lipinski definition) is 4. The third-order valence-corrected chi connectivity index (χ3v) is 3.40. The number of ether oxygens (including phenoxy) is 1. The van der Waals surface area contributed by atoms with Crippen LogP contribution in [0.15, 0.2) is 16.8 Å². The van der Waals surface area contributed by atoms with Crippen molar-refractivity contribution in [1.29, 1.82) is 0 Å². The van der Waals surface area contributed by atoms with Crippen LogP contribution in [0, 0.1) is 0 Å². The summed E-state index contributed by atoms with van der Waals surface area (Å²) in [4.78, 5) is 25.7. The molecule has 6 heteroatoms. The lowest BCUT2D eigenvalue weighted by Gasteiger charge is -2.35. The first kappa shape index (κ1) is 13.9. The van der Waals surface area contributed by atoms with Crippen molar-refractivity contribution in [3.63, 3.8) is 0 Å². The van der Waals surface area contributed by atoms with Gasteiger partial charge in [0.2, 0.25) is 5.91 Å². The van der Waals surface area contributed by atoms with Gasteiger partial charge in [-0.2, -0.15) is 11.3 Å². The first-order chi connectivity index (χ1) is 8.88. The molecule has 1 fully saturated rings. The fourth-order valence-corrected chi connectivity index (χ4v) is 2.62. The standard InChI is InChI=1S/C13H18N2O3S/c1-13(2,3)18-12(17)15-6-5-14-11(16)10(15)9-4-7-19-8-9/h4,7-8,10H,5-6H2,1-3H3,(H,14,16). The van der Waals surface area contributed by atoms with Gasteiger partial charge in [-0.1, -0.05) is 0 Å². The minimum Gasteiger partial charge on any atom is -0.444 e. The van der Waals surface area contributed by atoms with Crippen LogP contribution in [0.2, 0.25) is 0 Å². The Morgan fingerprint density at radius 1 is 1.53 bits per heavy atom. The van der Waals surface area contributed by atoms with E-state index in [2.05, 4.69) is 5.32 Å². The van der Waals surface area contributed by atoms with Crippen molar-refractivity contribution < 1.29 is 14.3 Å². The molecule has 1 aromatic rings. The first-order valence-corrected chi connectivity index (χ1v) is 7.12. The quantitative estimate of drug-likeness (QED) is 0.858. The molecular weight excluding hydrogens is 264 g/mol. The molecule has 1 aliphatic heterocycles. The summed E-state index contributed by atoms with van der Waals surface area (Å²) in [5.74, 6) is -0.157. The number of carbonyl (C=O) groups excluding carboxylic acids is 2. The van der Waals surface area contributed by atoms with Gasteiger partial charge >= 0.3 is 6.09 Å².